The summed E-state index contributed by atoms with van der Waals surface area (Å²) < 4.78 is 0. The Bertz CT molecular complexity index is 392. The van der Waals surface area contributed by atoms with Gasteiger partial charge in [-0.15, -0.1) is 0 Å². The van der Waals surface area contributed by atoms with Gasteiger partial charge in [0.2, 0.25) is 11.8 Å². The lowest BCUT2D eigenvalue weighted by atomic mass is 9.82. The van der Waals surface area contributed by atoms with Gasteiger partial charge in [-0.25, -0.2) is 0 Å². The van der Waals surface area contributed by atoms with Gasteiger partial charge < -0.3 is 15.3 Å². The minimum Gasteiger partial charge on any atom is -0.481 e. The van der Waals surface area contributed by atoms with E-state index in [9.17, 15) is 14.4 Å². The Kier molecular flexibility index (Phi) is 5.54. The first kappa shape index (κ1) is 15.2. The van der Waals surface area contributed by atoms with E-state index in [0.717, 1.165) is 0 Å². The number of amides is 2. The number of hydrogen-bond acceptors (Lipinski definition) is 3. The van der Waals surface area contributed by atoms with E-state index in [4.69, 9.17) is 5.11 Å². The third-order valence-corrected chi connectivity index (χ3v) is 3.40. The van der Waals surface area contributed by atoms with E-state index in [2.05, 4.69) is 5.32 Å². The molecule has 19 heavy (non-hydrogen) atoms. The monoisotopic (exact) mass is 268 g/mol. The number of nitrogens with zero attached hydrogens (tertiary/aromatic N) is 1. The quantitative estimate of drug-likeness (QED) is 0.700. The van der Waals surface area contributed by atoms with Crippen LogP contribution in [0, 0.1) is 11.8 Å². The Morgan fingerprint density at radius 1 is 1.26 bits per heavy atom. The molecule has 0 radical (unpaired) electrons. The summed E-state index contributed by atoms with van der Waals surface area (Å²) in [4.78, 5) is 35.9. The molecule has 6 nitrogen and oxygen atoms in total. The van der Waals surface area contributed by atoms with Crippen molar-refractivity contribution in [1.82, 2.24) is 10.2 Å². The van der Waals surface area contributed by atoms with Crippen molar-refractivity contribution in [1.29, 1.82) is 0 Å². The zero-order valence-corrected chi connectivity index (χ0v) is 11.3. The molecule has 0 aromatic heterocycles. The van der Waals surface area contributed by atoms with Crippen LogP contribution in [0.1, 0.15) is 19.3 Å². The van der Waals surface area contributed by atoms with Crippen molar-refractivity contribution in [2.75, 3.05) is 20.6 Å². The lowest BCUT2D eigenvalue weighted by Gasteiger charge is -2.28. The topological polar surface area (TPSA) is 86.7 Å². The van der Waals surface area contributed by atoms with Gasteiger partial charge in [0.05, 0.1) is 11.8 Å². The van der Waals surface area contributed by atoms with Crippen molar-refractivity contribution in [2.24, 2.45) is 11.8 Å². The van der Waals surface area contributed by atoms with Gasteiger partial charge in [-0.2, -0.15) is 0 Å². The molecule has 2 amide bonds. The van der Waals surface area contributed by atoms with Crippen LogP contribution in [0.3, 0.4) is 0 Å². The predicted molar refractivity (Wildman–Crippen MR) is 69.3 cm³/mol. The molecule has 0 bridgehead atoms. The fourth-order valence-electron chi connectivity index (χ4n) is 2.15. The maximum Gasteiger partial charge on any atom is 0.307 e. The van der Waals surface area contributed by atoms with E-state index in [1.165, 1.54) is 11.9 Å². The first-order valence-corrected chi connectivity index (χ1v) is 6.30. The number of carbonyl (C=O) groups is 3. The second-order valence-corrected chi connectivity index (χ2v) is 4.68. The number of rotatable bonds is 5. The molecule has 6 heteroatoms. The van der Waals surface area contributed by atoms with Gasteiger partial charge in [0.25, 0.3) is 0 Å². The summed E-state index contributed by atoms with van der Waals surface area (Å²) in [6, 6.07) is 0. The van der Waals surface area contributed by atoms with Crippen LogP contribution in [-0.4, -0.2) is 48.4 Å². The molecule has 2 atom stereocenters. The van der Waals surface area contributed by atoms with Crippen LogP contribution in [0.2, 0.25) is 0 Å². The molecule has 2 unspecified atom stereocenters. The van der Waals surface area contributed by atoms with Crippen LogP contribution in [-0.2, 0) is 14.4 Å². The Morgan fingerprint density at radius 2 is 1.84 bits per heavy atom. The standard InChI is InChI=1S/C13H20N2O4/c1-14-11(16)7-8-15(2)12(17)9-5-3-4-6-10(9)13(18)19/h3-4,9-10H,5-8H2,1-2H3,(H,14,16)(H,18,19). The van der Waals surface area contributed by atoms with E-state index in [1.807, 2.05) is 6.08 Å². The molecule has 0 saturated heterocycles. The van der Waals surface area contributed by atoms with Gasteiger partial charge in [-0.3, -0.25) is 14.4 Å². The van der Waals surface area contributed by atoms with Gasteiger partial charge in [-0.05, 0) is 12.8 Å². The second kappa shape index (κ2) is 6.92. The average molecular weight is 268 g/mol. The number of nitrogens with one attached hydrogen (secondary N) is 1. The Labute approximate surface area is 112 Å². The summed E-state index contributed by atoms with van der Waals surface area (Å²) in [5.74, 6) is -2.49. The lowest BCUT2D eigenvalue weighted by Crippen LogP contribution is -2.41. The Balaban J connectivity index is 2.61. The zero-order chi connectivity index (χ0) is 14.4. The molecular weight excluding hydrogens is 248 g/mol. The molecule has 0 fully saturated rings. The van der Waals surface area contributed by atoms with Gasteiger partial charge in [-0.1, -0.05) is 12.2 Å². The Hall–Kier alpha value is -1.85. The SMILES string of the molecule is CNC(=O)CCN(C)C(=O)C1CC=CCC1C(=O)O. The molecular formula is C13H20N2O4. The van der Waals surface area contributed by atoms with Gasteiger partial charge in [0.1, 0.15) is 0 Å². The first-order valence-electron chi connectivity index (χ1n) is 6.30. The van der Waals surface area contributed by atoms with E-state index in [1.54, 1.807) is 13.1 Å². The molecule has 1 aliphatic rings. The highest BCUT2D eigenvalue weighted by molar-refractivity contribution is 5.85. The molecule has 1 rings (SSSR count). The van der Waals surface area contributed by atoms with Crippen molar-refractivity contribution >= 4 is 17.8 Å². The minimum atomic E-state index is -0.942. The van der Waals surface area contributed by atoms with Crippen LogP contribution in [0.5, 0.6) is 0 Å². The third kappa shape index (κ3) is 4.08. The summed E-state index contributed by atoms with van der Waals surface area (Å²) in [6.07, 6.45) is 4.69. The van der Waals surface area contributed by atoms with Gasteiger partial charge in [0, 0.05) is 27.1 Å². The van der Waals surface area contributed by atoms with Crippen LogP contribution in [0.25, 0.3) is 0 Å². The summed E-state index contributed by atoms with van der Waals surface area (Å²) in [5, 5.41) is 11.6. The molecule has 0 aliphatic heterocycles. The molecule has 0 heterocycles. The molecule has 0 saturated carbocycles. The number of carboxylic acid groups (broad SMARTS) is 1. The summed E-state index contributed by atoms with van der Waals surface area (Å²) in [5.41, 5.74) is 0. The second-order valence-electron chi connectivity index (χ2n) is 4.68. The maximum atomic E-state index is 12.2. The molecule has 106 valence electrons. The highest BCUT2D eigenvalue weighted by Crippen LogP contribution is 2.27. The average Bonchev–Trinajstić information content (AvgIpc) is 2.43. The van der Waals surface area contributed by atoms with Gasteiger partial charge >= 0.3 is 5.97 Å². The molecule has 0 spiro atoms. The minimum absolute atomic E-state index is 0.141. The maximum absolute atomic E-state index is 12.2. The first-order chi connectivity index (χ1) is 8.97. The van der Waals surface area contributed by atoms with Crippen molar-refractivity contribution in [3.8, 4) is 0 Å². The van der Waals surface area contributed by atoms with Crippen LogP contribution < -0.4 is 5.32 Å². The number of allylic oxidation sites excluding steroid dienone is 2. The summed E-state index contributed by atoms with van der Waals surface area (Å²) >= 11 is 0. The predicted octanol–water partition coefficient (Wildman–Crippen LogP) is 0.248. The normalized spacial score (nSPS) is 21.8. The number of hydrogen-bond donors (Lipinski definition) is 2. The van der Waals surface area contributed by atoms with Crippen LogP contribution >= 0.6 is 0 Å². The number of carbonyl (C=O) groups excluding carboxylic acids is 2. The lowest BCUT2D eigenvalue weighted by molar-refractivity contribution is -0.150. The highest BCUT2D eigenvalue weighted by Gasteiger charge is 2.35. The van der Waals surface area contributed by atoms with Crippen molar-refractivity contribution in [3.63, 3.8) is 0 Å². The van der Waals surface area contributed by atoms with Crippen molar-refractivity contribution < 1.29 is 19.5 Å². The van der Waals surface area contributed by atoms with Crippen molar-refractivity contribution in [3.05, 3.63) is 12.2 Å². The van der Waals surface area contributed by atoms with E-state index in [-0.39, 0.29) is 18.2 Å². The fraction of sp³-hybridized carbons (Fsp3) is 0.615. The summed E-state index contributed by atoms with van der Waals surface area (Å²) in [7, 11) is 3.14. The number of carboxylic acids is 1. The van der Waals surface area contributed by atoms with E-state index >= 15 is 0 Å². The molecule has 1 aliphatic carbocycles. The Morgan fingerprint density at radius 3 is 2.37 bits per heavy atom. The molecule has 0 aromatic carbocycles. The zero-order valence-electron chi connectivity index (χ0n) is 11.3. The van der Waals surface area contributed by atoms with Gasteiger partial charge in [0.15, 0.2) is 0 Å². The molecule has 0 aromatic rings. The highest BCUT2D eigenvalue weighted by atomic mass is 16.4. The number of aliphatic carboxylic acids is 1. The third-order valence-electron chi connectivity index (χ3n) is 3.40. The van der Waals surface area contributed by atoms with Crippen LogP contribution in [0.4, 0.5) is 0 Å². The smallest absolute Gasteiger partial charge is 0.307 e. The summed E-state index contributed by atoms with van der Waals surface area (Å²) in [6.45, 7) is 0.297. The van der Waals surface area contributed by atoms with Crippen molar-refractivity contribution in [2.45, 2.75) is 19.3 Å². The van der Waals surface area contributed by atoms with Crippen LogP contribution in [0.15, 0.2) is 12.2 Å². The fourth-order valence-corrected chi connectivity index (χ4v) is 2.15. The van der Waals surface area contributed by atoms with E-state index in [0.29, 0.717) is 19.4 Å². The van der Waals surface area contributed by atoms with E-state index < -0.39 is 17.8 Å². The largest absolute Gasteiger partial charge is 0.481 e. The molecule has 2 N–H and O–H groups in total.